The van der Waals surface area contributed by atoms with Crippen molar-refractivity contribution in [3.05, 3.63) is 18.5 Å². The summed E-state index contributed by atoms with van der Waals surface area (Å²) in [5.41, 5.74) is 2.73. The van der Waals surface area contributed by atoms with Gasteiger partial charge in [0.25, 0.3) is 0 Å². The Labute approximate surface area is 113 Å². The fraction of sp³-hybridized carbons (Fsp3) is 0.583. The van der Waals surface area contributed by atoms with Crippen molar-refractivity contribution < 1.29 is 8.42 Å². The Balaban J connectivity index is 2.05. The van der Waals surface area contributed by atoms with E-state index in [9.17, 15) is 8.42 Å². The molecule has 0 saturated heterocycles. The van der Waals surface area contributed by atoms with Crippen molar-refractivity contribution in [2.75, 3.05) is 12.0 Å². The average Bonchev–Trinajstić information content (AvgIpc) is 2.46. The van der Waals surface area contributed by atoms with Crippen LogP contribution in [0.3, 0.4) is 0 Å². The van der Waals surface area contributed by atoms with Crippen molar-refractivity contribution in [1.82, 2.24) is 9.71 Å². The number of rotatable bonds is 5. The first kappa shape index (κ1) is 14.2. The van der Waals surface area contributed by atoms with Crippen LogP contribution in [0.1, 0.15) is 32.1 Å². The lowest BCUT2D eigenvalue weighted by molar-refractivity contribution is 0.357. The largest absolute Gasteiger partial charge is 0.323 e. The number of nitrogens with zero attached hydrogens (tertiary/aromatic N) is 1. The van der Waals surface area contributed by atoms with Crippen LogP contribution in [0, 0.1) is 5.92 Å². The van der Waals surface area contributed by atoms with E-state index in [2.05, 4.69) is 15.1 Å². The second kappa shape index (κ2) is 6.31. The summed E-state index contributed by atoms with van der Waals surface area (Å²) in [5, 5.41) is 0. The van der Waals surface area contributed by atoms with E-state index in [4.69, 9.17) is 5.84 Å². The smallest absolute Gasteiger partial charge is 0.244 e. The predicted molar refractivity (Wildman–Crippen MR) is 73.8 cm³/mol. The van der Waals surface area contributed by atoms with Gasteiger partial charge in [0.1, 0.15) is 4.90 Å². The molecular weight excluding hydrogens is 264 g/mol. The van der Waals surface area contributed by atoms with E-state index in [1.807, 2.05) is 0 Å². The molecule has 0 radical (unpaired) electrons. The van der Waals surface area contributed by atoms with Crippen LogP contribution < -0.4 is 16.0 Å². The highest BCUT2D eigenvalue weighted by Gasteiger charge is 2.21. The first-order chi connectivity index (χ1) is 9.13. The standard InChI is InChI=1S/C12H20N4O2S/c13-16-11-6-7-14-9-12(11)19(17,18)15-8-10-4-2-1-3-5-10/h6-7,9-10,15H,1-5,8,13H2,(H,14,16). The topological polar surface area (TPSA) is 97.1 Å². The number of nitrogens with one attached hydrogen (secondary N) is 2. The number of aromatic nitrogens is 1. The minimum absolute atomic E-state index is 0.0910. The van der Waals surface area contributed by atoms with Crippen LogP contribution in [-0.4, -0.2) is 19.9 Å². The van der Waals surface area contributed by atoms with E-state index in [1.54, 1.807) is 0 Å². The molecule has 2 rings (SSSR count). The van der Waals surface area contributed by atoms with Crippen LogP contribution in [0.5, 0.6) is 0 Å². The highest BCUT2D eigenvalue weighted by molar-refractivity contribution is 7.89. The van der Waals surface area contributed by atoms with Crippen molar-refractivity contribution in [2.45, 2.75) is 37.0 Å². The Morgan fingerprint density at radius 1 is 1.32 bits per heavy atom. The molecule has 1 heterocycles. The van der Waals surface area contributed by atoms with Crippen LogP contribution in [0.4, 0.5) is 5.69 Å². The van der Waals surface area contributed by atoms with Crippen LogP contribution in [0.2, 0.25) is 0 Å². The second-order valence-electron chi connectivity index (χ2n) is 4.87. The predicted octanol–water partition coefficient (Wildman–Crippen LogP) is 1.23. The maximum atomic E-state index is 12.2. The summed E-state index contributed by atoms with van der Waals surface area (Å²) < 4.78 is 27.1. The molecule has 0 aromatic carbocycles. The van der Waals surface area contributed by atoms with Crippen LogP contribution in [-0.2, 0) is 10.0 Å². The highest BCUT2D eigenvalue weighted by atomic mass is 32.2. The Bertz CT molecular complexity index is 512. The third-order valence-electron chi connectivity index (χ3n) is 3.52. The lowest BCUT2D eigenvalue weighted by atomic mass is 9.90. The third-order valence-corrected chi connectivity index (χ3v) is 4.97. The number of hydrogen-bond acceptors (Lipinski definition) is 5. The Hall–Kier alpha value is -1.18. The molecule has 0 amide bonds. The summed E-state index contributed by atoms with van der Waals surface area (Å²) in [4.78, 5) is 3.93. The molecule has 7 heteroatoms. The molecule has 0 unspecified atom stereocenters. The van der Waals surface area contributed by atoms with E-state index in [0.717, 1.165) is 12.8 Å². The number of hydrogen-bond donors (Lipinski definition) is 3. The third kappa shape index (κ3) is 3.65. The van der Waals surface area contributed by atoms with Gasteiger partial charge >= 0.3 is 0 Å². The van der Waals surface area contributed by atoms with Crippen molar-refractivity contribution in [2.24, 2.45) is 11.8 Å². The summed E-state index contributed by atoms with van der Waals surface area (Å²) >= 11 is 0. The number of nitrogens with two attached hydrogens (primary N) is 1. The van der Waals surface area contributed by atoms with Gasteiger partial charge in [-0.3, -0.25) is 10.8 Å². The normalized spacial score (nSPS) is 17.3. The highest BCUT2D eigenvalue weighted by Crippen LogP contribution is 2.24. The van der Waals surface area contributed by atoms with Gasteiger partial charge in [0.05, 0.1) is 5.69 Å². The maximum Gasteiger partial charge on any atom is 0.244 e. The monoisotopic (exact) mass is 284 g/mol. The molecule has 0 aliphatic heterocycles. The summed E-state index contributed by atoms with van der Waals surface area (Å²) in [6.07, 6.45) is 8.62. The molecule has 1 saturated carbocycles. The summed E-state index contributed by atoms with van der Waals surface area (Å²) in [6, 6.07) is 1.54. The molecule has 1 fully saturated rings. The number of pyridine rings is 1. The van der Waals surface area contributed by atoms with Crippen LogP contribution >= 0.6 is 0 Å². The van der Waals surface area contributed by atoms with E-state index >= 15 is 0 Å². The van der Waals surface area contributed by atoms with Crippen molar-refractivity contribution in [3.8, 4) is 0 Å². The molecule has 0 atom stereocenters. The molecule has 19 heavy (non-hydrogen) atoms. The Morgan fingerprint density at radius 3 is 2.74 bits per heavy atom. The zero-order valence-corrected chi connectivity index (χ0v) is 11.6. The van der Waals surface area contributed by atoms with Crippen molar-refractivity contribution in [3.63, 3.8) is 0 Å². The Morgan fingerprint density at radius 2 is 2.05 bits per heavy atom. The lowest BCUT2D eigenvalue weighted by Gasteiger charge is -2.21. The zero-order chi connectivity index (χ0) is 13.7. The van der Waals surface area contributed by atoms with Gasteiger partial charge in [0.15, 0.2) is 0 Å². The first-order valence-electron chi connectivity index (χ1n) is 6.54. The van der Waals surface area contributed by atoms with Gasteiger partial charge in [-0.1, -0.05) is 19.3 Å². The van der Waals surface area contributed by atoms with Gasteiger partial charge in [0.2, 0.25) is 10.0 Å². The van der Waals surface area contributed by atoms with E-state index < -0.39 is 10.0 Å². The van der Waals surface area contributed by atoms with Crippen LogP contribution in [0.15, 0.2) is 23.4 Å². The second-order valence-corrected chi connectivity index (χ2v) is 6.61. The van der Waals surface area contributed by atoms with E-state index in [-0.39, 0.29) is 4.90 Å². The fourth-order valence-electron chi connectivity index (χ4n) is 2.41. The molecule has 1 aromatic rings. The summed E-state index contributed by atoms with van der Waals surface area (Å²) in [5.74, 6) is 5.76. The quantitative estimate of drug-likeness (QED) is 0.558. The molecule has 4 N–H and O–H groups in total. The van der Waals surface area contributed by atoms with Crippen LogP contribution in [0.25, 0.3) is 0 Å². The van der Waals surface area contributed by atoms with Gasteiger partial charge in [-0.05, 0) is 24.8 Å². The molecule has 0 bridgehead atoms. The lowest BCUT2D eigenvalue weighted by Crippen LogP contribution is -2.31. The molecule has 1 aliphatic carbocycles. The van der Waals surface area contributed by atoms with Gasteiger partial charge in [-0.15, -0.1) is 0 Å². The molecule has 1 aromatic heterocycles. The van der Waals surface area contributed by atoms with Gasteiger partial charge in [-0.25, -0.2) is 13.1 Å². The minimum Gasteiger partial charge on any atom is -0.323 e. The molecule has 1 aliphatic rings. The SMILES string of the molecule is NNc1ccncc1S(=O)(=O)NCC1CCCCC1. The average molecular weight is 284 g/mol. The number of anilines is 1. The van der Waals surface area contributed by atoms with Crippen molar-refractivity contribution >= 4 is 15.7 Å². The van der Waals surface area contributed by atoms with E-state index in [0.29, 0.717) is 18.2 Å². The number of nitrogen functional groups attached to an aromatic ring is 1. The molecule has 6 nitrogen and oxygen atoms in total. The molecule has 0 spiro atoms. The minimum atomic E-state index is -3.56. The maximum absolute atomic E-state index is 12.2. The van der Waals surface area contributed by atoms with Gasteiger partial charge in [-0.2, -0.15) is 0 Å². The number of sulfonamides is 1. The molecular formula is C12H20N4O2S. The summed E-state index contributed by atoms with van der Waals surface area (Å²) in [6.45, 7) is 0.487. The van der Waals surface area contributed by atoms with Gasteiger partial charge < -0.3 is 5.43 Å². The van der Waals surface area contributed by atoms with Gasteiger partial charge in [0, 0.05) is 18.9 Å². The first-order valence-corrected chi connectivity index (χ1v) is 8.02. The Kier molecular flexibility index (Phi) is 4.73. The summed E-state index contributed by atoms with van der Waals surface area (Å²) in [7, 11) is -3.56. The fourth-order valence-corrected chi connectivity index (χ4v) is 3.64. The van der Waals surface area contributed by atoms with Crippen molar-refractivity contribution in [1.29, 1.82) is 0 Å². The zero-order valence-electron chi connectivity index (χ0n) is 10.8. The number of hydrazine groups is 1. The van der Waals surface area contributed by atoms with E-state index in [1.165, 1.54) is 37.7 Å². The molecule has 106 valence electrons.